The van der Waals surface area contributed by atoms with Gasteiger partial charge in [-0.15, -0.1) is 0 Å². The molecule has 1 fully saturated rings. The summed E-state index contributed by atoms with van der Waals surface area (Å²) in [5.41, 5.74) is 2.46. The van der Waals surface area contributed by atoms with Crippen LogP contribution in [0.4, 0.5) is 11.6 Å². The summed E-state index contributed by atoms with van der Waals surface area (Å²) in [6, 6.07) is 1.69. The molecular weight excluding hydrogens is 254 g/mol. The number of hydrogen-bond acceptors (Lipinski definition) is 7. The quantitative estimate of drug-likeness (QED) is 0.519. The molecule has 7 nitrogen and oxygen atoms in total. The molecule has 0 spiro atoms. The fourth-order valence-electron chi connectivity index (χ4n) is 2.01. The van der Waals surface area contributed by atoms with E-state index in [-0.39, 0.29) is 17.4 Å². The molecule has 1 aromatic heterocycles. The highest BCUT2D eigenvalue weighted by Crippen LogP contribution is 2.19. The van der Waals surface area contributed by atoms with Gasteiger partial charge < -0.3 is 10.7 Å². The second-order valence-electron chi connectivity index (χ2n) is 4.48. The van der Waals surface area contributed by atoms with Crippen LogP contribution in [0.3, 0.4) is 0 Å². The van der Waals surface area contributed by atoms with Gasteiger partial charge in [0.15, 0.2) is 9.84 Å². The molecule has 100 valence electrons. The van der Waals surface area contributed by atoms with E-state index in [0.717, 1.165) is 0 Å². The molecule has 0 amide bonds. The fraction of sp³-hybridized carbons (Fsp3) is 0.600. The number of nitrogens with two attached hydrogens (primary N) is 1. The Labute approximate surface area is 106 Å². The van der Waals surface area contributed by atoms with Gasteiger partial charge in [-0.25, -0.2) is 24.2 Å². The molecule has 2 rings (SSSR count). The average Bonchev–Trinajstić information content (AvgIpc) is 2.65. The highest BCUT2D eigenvalue weighted by molar-refractivity contribution is 7.91. The molecule has 8 heteroatoms. The van der Waals surface area contributed by atoms with Crippen molar-refractivity contribution in [3.63, 3.8) is 0 Å². The Balaban J connectivity index is 1.96. The third-order valence-electron chi connectivity index (χ3n) is 2.88. The third-order valence-corrected chi connectivity index (χ3v) is 4.72. The minimum Gasteiger partial charge on any atom is -0.370 e. The lowest BCUT2D eigenvalue weighted by Crippen LogP contribution is -2.17. The van der Waals surface area contributed by atoms with Gasteiger partial charge >= 0.3 is 0 Å². The van der Waals surface area contributed by atoms with Gasteiger partial charge in [0.25, 0.3) is 0 Å². The zero-order chi connectivity index (χ0) is 13.2. The highest BCUT2D eigenvalue weighted by Gasteiger charge is 2.27. The van der Waals surface area contributed by atoms with E-state index < -0.39 is 9.84 Å². The smallest absolute Gasteiger partial charge is 0.150 e. The number of nitrogen functional groups attached to an aromatic ring is 1. The predicted molar refractivity (Wildman–Crippen MR) is 69.8 cm³/mol. The van der Waals surface area contributed by atoms with Crippen molar-refractivity contribution in [2.45, 2.75) is 13.3 Å². The fourth-order valence-corrected chi connectivity index (χ4v) is 3.88. The first-order valence-electron chi connectivity index (χ1n) is 5.75. The molecule has 1 atom stereocenters. The molecule has 0 aliphatic carbocycles. The van der Waals surface area contributed by atoms with Gasteiger partial charge in [0.05, 0.1) is 11.5 Å². The molecule has 18 heavy (non-hydrogen) atoms. The summed E-state index contributed by atoms with van der Waals surface area (Å²) in [5, 5.41) is 3.13. The summed E-state index contributed by atoms with van der Waals surface area (Å²) in [7, 11) is -2.83. The lowest BCUT2D eigenvalue weighted by atomic mass is 10.1. The van der Waals surface area contributed by atoms with Crippen LogP contribution < -0.4 is 16.6 Å². The van der Waals surface area contributed by atoms with Crippen molar-refractivity contribution in [2.75, 3.05) is 28.8 Å². The van der Waals surface area contributed by atoms with Crippen molar-refractivity contribution in [3.8, 4) is 0 Å². The molecule has 1 aliphatic heterocycles. The van der Waals surface area contributed by atoms with E-state index in [1.165, 1.54) is 0 Å². The first kappa shape index (κ1) is 13.0. The molecule has 0 radical (unpaired) electrons. The first-order chi connectivity index (χ1) is 8.48. The summed E-state index contributed by atoms with van der Waals surface area (Å²) >= 11 is 0. The van der Waals surface area contributed by atoms with Crippen LogP contribution in [0.15, 0.2) is 6.07 Å². The van der Waals surface area contributed by atoms with Gasteiger partial charge in [-0.2, -0.15) is 0 Å². The standard InChI is InChI=1S/C10H17N5O2S/c1-7-13-9(4-10(14-7)15-11)12-5-8-2-3-18(16,17)6-8/h4,8H,2-3,5-6,11H2,1H3,(H2,12,13,14,15). The van der Waals surface area contributed by atoms with E-state index in [4.69, 9.17) is 5.84 Å². The monoisotopic (exact) mass is 271 g/mol. The Morgan fingerprint density at radius 3 is 2.78 bits per heavy atom. The van der Waals surface area contributed by atoms with E-state index in [1.807, 2.05) is 0 Å². The number of aromatic nitrogens is 2. The molecule has 0 aromatic carbocycles. The number of hydrogen-bond donors (Lipinski definition) is 3. The number of hydrazine groups is 1. The molecule has 0 bridgehead atoms. The second kappa shape index (κ2) is 5.07. The highest BCUT2D eigenvalue weighted by atomic mass is 32.2. The first-order valence-corrected chi connectivity index (χ1v) is 7.57. The van der Waals surface area contributed by atoms with Gasteiger partial charge in [-0.3, -0.25) is 0 Å². The minimum absolute atomic E-state index is 0.152. The molecule has 1 aliphatic rings. The van der Waals surface area contributed by atoms with E-state index in [1.54, 1.807) is 13.0 Å². The lowest BCUT2D eigenvalue weighted by Gasteiger charge is -2.11. The maximum Gasteiger partial charge on any atom is 0.150 e. The molecular formula is C10H17N5O2S. The van der Waals surface area contributed by atoms with Crippen LogP contribution in [0.25, 0.3) is 0 Å². The lowest BCUT2D eigenvalue weighted by molar-refractivity contribution is 0.595. The third kappa shape index (κ3) is 3.30. The molecule has 4 N–H and O–H groups in total. The topological polar surface area (TPSA) is 110 Å². The molecule has 1 aromatic rings. The Hall–Kier alpha value is -1.41. The predicted octanol–water partition coefficient (Wildman–Crippen LogP) is -0.0828. The Bertz CT molecular complexity index is 531. The van der Waals surface area contributed by atoms with Crippen LogP contribution in [-0.2, 0) is 9.84 Å². The van der Waals surface area contributed by atoms with Crippen molar-refractivity contribution in [1.29, 1.82) is 0 Å². The van der Waals surface area contributed by atoms with Crippen molar-refractivity contribution >= 4 is 21.5 Å². The summed E-state index contributed by atoms with van der Waals surface area (Å²) in [4.78, 5) is 8.28. The van der Waals surface area contributed by atoms with Crippen molar-refractivity contribution < 1.29 is 8.42 Å². The van der Waals surface area contributed by atoms with Crippen LogP contribution in [0, 0.1) is 12.8 Å². The van der Waals surface area contributed by atoms with Crippen LogP contribution >= 0.6 is 0 Å². The Kier molecular flexibility index (Phi) is 3.67. The van der Waals surface area contributed by atoms with Gasteiger partial charge in [-0.05, 0) is 19.3 Å². The normalized spacial score (nSPS) is 21.8. The van der Waals surface area contributed by atoms with Gasteiger partial charge in [0, 0.05) is 12.6 Å². The van der Waals surface area contributed by atoms with E-state index in [0.29, 0.717) is 30.4 Å². The van der Waals surface area contributed by atoms with Crippen LogP contribution in [0.5, 0.6) is 0 Å². The molecule has 1 unspecified atom stereocenters. The number of nitrogens with one attached hydrogen (secondary N) is 2. The zero-order valence-electron chi connectivity index (χ0n) is 10.2. The van der Waals surface area contributed by atoms with Gasteiger partial charge in [0.2, 0.25) is 0 Å². The van der Waals surface area contributed by atoms with Crippen LogP contribution in [0.2, 0.25) is 0 Å². The molecule has 0 saturated carbocycles. The van der Waals surface area contributed by atoms with E-state index in [9.17, 15) is 8.42 Å². The maximum atomic E-state index is 11.3. The number of sulfone groups is 1. The SMILES string of the molecule is Cc1nc(NN)cc(NCC2CCS(=O)(=O)C2)n1. The summed E-state index contributed by atoms with van der Waals surface area (Å²) in [5.74, 6) is 7.78. The maximum absolute atomic E-state index is 11.3. The summed E-state index contributed by atoms with van der Waals surface area (Å²) in [6.45, 7) is 2.37. The number of aryl methyl sites for hydroxylation is 1. The number of rotatable bonds is 4. The minimum atomic E-state index is -2.83. The Morgan fingerprint density at radius 2 is 2.17 bits per heavy atom. The number of anilines is 2. The zero-order valence-corrected chi connectivity index (χ0v) is 11.0. The Morgan fingerprint density at radius 1 is 1.44 bits per heavy atom. The average molecular weight is 271 g/mol. The van der Waals surface area contributed by atoms with Gasteiger partial charge in [-0.1, -0.05) is 0 Å². The van der Waals surface area contributed by atoms with Crippen LogP contribution in [0.1, 0.15) is 12.2 Å². The van der Waals surface area contributed by atoms with E-state index in [2.05, 4.69) is 20.7 Å². The van der Waals surface area contributed by atoms with Crippen molar-refractivity contribution in [3.05, 3.63) is 11.9 Å². The second-order valence-corrected chi connectivity index (χ2v) is 6.71. The van der Waals surface area contributed by atoms with Crippen LogP contribution in [-0.4, -0.2) is 36.4 Å². The molecule has 2 heterocycles. The number of nitrogens with zero attached hydrogens (tertiary/aromatic N) is 2. The molecule has 1 saturated heterocycles. The summed E-state index contributed by atoms with van der Waals surface area (Å²) in [6.07, 6.45) is 0.710. The van der Waals surface area contributed by atoms with E-state index >= 15 is 0 Å². The largest absolute Gasteiger partial charge is 0.370 e. The van der Waals surface area contributed by atoms with Crippen molar-refractivity contribution in [1.82, 2.24) is 9.97 Å². The van der Waals surface area contributed by atoms with Crippen molar-refractivity contribution in [2.24, 2.45) is 11.8 Å². The van der Waals surface area contributed by atoms with Gasteiger partial charge in [0.1, 0.15) is 17.5 Å². The summed E-state index contributed by atoms with van der Waals surface area (Å²) < 4.78 is 22.7.